The van der Waals surface area contributed by atoms with Gasteiger partial charge in [-0.05, 0) is 43.6 Å². The Bertz CT molecular complexity index is 164. The molecule has 0 aliphatic heterocycles. The number of unbranched alkanes of at least 4 members (excludes halogenated alkanes) is 1. The lowest BCUT2D eigenvalue weighted by Crippen LogP contribution is -2.31. The molecule has 0 saturated carbocycles. The van der Waals surface area contributed by atoms with E-state index in [1.165, 1.54) is 25.7 Å². The van der Waals surface area contributed by atoms with Crippen LogP contribution in [-0.4, -0.2) is 19.8 Å². The van der Waals surface area contributed by atoms with Gasteiger partial charge in [-0.15, -0.1) is 0 Å². The first-order valence-electron chi connectivity index (χ1n) is 7.38. The second kappa shape index (κ2) is 9.90. The lowest BCUT2D eigenvalue weighted by Gasteiger charge is -2.31. The molecular formula is C15H33NO. The van der Waals surface area contributed by atoms with Crippen molar-refractivity contribution in [2.45, 2.75) is 66.2 Å². The first-order valence-corrected chi connectivity index (χ1v) is 7.38. The molecule has 0 aromatic heterocycles. The van der Waals surface area contributed by atoms with Crippen LogP contribution in [0.1, 0.15) is 66.2 Å². The fraction of sp³-hybridized carbons (Fsp3) is 1.00. The van der Waals surface area contributed by atoms with E-state index in [1.807, 2.05) is 0 Å². The highest BCUT2D eigenvalue weighted by molar-refractivity contribution is 4.78. The van der Waals surface area contributed by atoms with Crippen LogP contribution in [-0.2, 0) is 4.74 Å². The molecule has 0 spiro atoms. The van der Waals surface area contributed by atoms with E-state index in [1.54, 1.807) is 0 Å². The normalized spacial score (nSPS) is 15.2. The van der Waals surface area contributed by atoms with Crippen LogP contribution in [0.2, 0.25) is 0 Å². The molecule has 0 aliphatic rings. The minimum absolute atomic E-state index is 0.327. The molecular weight excluding hydrogens is 210 g/mol. The van der Waals surface area contributed by atoms with Gasteiger partial charge in [-0.2, -0.15) is 0 Å². The summed E-state index contributed by atoms with van der Waals surface area (Å²) in [7, 11) is 0. The predicted molar refractivity (Wildman–Crippen MR) is 76.2 cm³/mol. The summed E-state index contributed by atoms with van der Waals surface area (Å²) in [4.78, 5) is 0. The van der Waals surface area contributed by atoms with Crippen LogP contribution < -0.4 is 5.73 Å². The topological polar surface area (TPSA) is 35.2 Å². The summed E-state index contributed by atoms with van der Waals surface area (Å²) in [5.74, 6) is 0.737. The van der Waals surface area contributed by atoms with Gasteiger partial charge >= 0.3 is 0 Å². The minimum atomic E-state index is 0.327. The maximum Gasteiger partial charge on any atom is 0.0471 e. The zero-order chi connectivity index (χ0) is 13.1. The van der Waals surface area contributed by atoms with Crippen LogP contribution in [0.15, 0.2) is 0 Å². The largest absolute Gasteiger partial charge is 0.381 e. The number of rotatable bonds is 11. The molecule has 0 aliphatic carbocycles. The van der Waals surface area contributed by atoms with Crippen molar-refractivity contribution >= 4 is 0 Å². The van der Waals surface area contributed by atoms with E-state index in [9.17, 15) is 0 Å². The first kappa shape index (κ1) is 16.9. The van der Waals surface area contributed by atoms with Crippen LogP contribution in [0.4, 0.5) is 0 Å². The summed E-state index contributed by atoms with van der Waals surface area (Å²) in [5, 5.41) is 0. The van der Waals surface area contributed by atoms with Gasteiger partial charge in [-0.25, -0.2) is 0 Å². The zero-order valence-corrected chi connectivity index (χ0v) is 12.4. The van der Waals surface area contributed by atoms with Gasteiger partial charge in [0.2, 0.25) is 0 Å². The maximum absolute atomic E-state index is 5.97. The van der Waals surface area contributed by atoms with Gasteiger partial charge in [-0.3, -0.25) is 0 Å². The molecule has 1 unspecified atom stereocenters. The third kappa shape index (κ3) is 7.77. The molecule has 0 fully saturated rings. The van der Waals surface area contributed by atoms with Gasteiger partial charge in [0, 0.05) is 13.2 Å². The standard InChI is InChI=1S/C15H33NO/c1-5-7-9-15(6-2,13-16)10-12-17-11-8-14(3)4/h14H,5-13,16H2,1-4H3. The van der Waals surface area contributed by atoms with Crippen molar-refractivity contribution in [3.8, 4) is 0 Å². The first-order chi connectivity index (χ1) is 8.10. The van der Waals surface area contributed by atoms with Crippen molar-refractivity contribution in [2.24, 2.45) is 17.1 Å². The molecule has 0 bridgehead atoms. The van der Waals surface area contributed by atoms with E-state index in [4.69, 9.17) is 10.5 Å². The van der Waals surface area contributed by atoms with Crippen molar-refractivity contribution in [3.05, 3.63) is 0 Å². The Kier molecular flexibility index (Phi) is 9.85. The Labute approximate surface area is 108 Å². The smallest absolute Gasteiger partial charge is 0.0471 e. The van der Waals surface area contributed by atoms with Gasteiger partial charge in [0.15, 0.2) is 0 Å². The van der Waals surface area contributed by atoms with Gasteiger partial charge in [0.05, 0.1) is 0 Å². The van der Waals surface area contributed by atoms with Gasteiger partial charge in [0.25, 0.3) is 0 Å². The van der Waals surface area contributed by atoms with E-state index < -0.39 is 0 Å². The second-order valence-corrected chi connectivity index (χ2v) is 5.71. The summed E-state index contributed by atoms with van der Waals surface area (Å²) >= 11 is 0. The quantitative estimate of drug-likeness (QED) is 0.557. The van der Waals surface area contributed by atoms with Crippen LogP contribution in [0, 0.1) is 11.3 Å². The van der Waals surface area contributed by atoms with E-state index in [-0.39, 0.29) is 0 Å². The monoisotopic (exact) mass is 243 g/mol. The van der Waals surface area contributed by atoms with Crippen molar-refractivity contribution < 1.29 is 4.74 Å². The maximum atomic E-state index is 5.97. The van der Waals surface area contributed by atoms with Crippen LogP contribution >= 0.6 is 0 Å². The van der Waals surface area contributed by atoms with Crippen molar-refractivity contribution in [1.82, 2.24) is 0 Å². The van der Waals surface area contributed by atoms with E-state index in [0.717, 1.165) is 38.5 Å². The zero-order valence-electron chi connectivity index (χ0n) is 12.4. The minimum Gasteiger partial charge on any atom is -0.381 e. The number of ether oxygens (including phenoxy) is 1. The second-order valence-electron chi connectivity index (χ2n) is 5.71. The molecule has 0 radical (unpaired) electrons. The summed E-state index contributed by atoms with van der Waals surface area (Å²) < 4.78 is 5.73. The summed E-state index contributed by atoms with van der Waals surface area (Å²) in [6.45, 7) is 11.6. The molecule has 0 aromatic rings. The Balaban J connectivity index is 3.83. The van der Waals surface area contributed by atoms with Gasteiger partial charge in [-0.1, -0.05) is 40.5 Å². The highest BCUT2D eigenvalue weighted by Crippen LogP contribution is 2.31. The number of nitrogens with two attached hydrogens (primary N) is 1. The van der Waals surface area contributed by atoms with Crippen molar-refractivity contribution in [1.29, 1.82) is 0 Å². The van der Waals surface area contributed by atoms with E-state index in [0.29, 0.717) is 5.41 Å². The summed E-state index contributed by atoms with van der Waals surface area (Å²) in [6.07, 6.45) is 7.27. The van der Waals surface area contributed by atoms with Crippen molar-refractivity contribution in [2.75, 3.05) is 19.8 Å². The molecule has 17 heavy (non-hydrogen) atoms. The Morgan fingerprint density at radius 1 is 1.12 bits per heavy atom. The Hall–Kier alpha value is -0.0800. The third-order valence-electron chi connectivity index (χ3n) is 3.86. The lowest BCUT2D eigenvalue weighted by molar-refractivity contribution is 0.0822. The molecule has 0 amide bonds. The Morgan fingerprint density at radius 2 is 1.82 bits per heavy atom. The average molecular weight is 243 g/mol. The molecule has 0 saturated heterocycles. The fourth-order valence-corrected chi connectivity index (χ4v) is 2.09. The molecule has 2 N–H and O–H groups in total. The van der Waals surface area contributed by atoms with E-state index >= 15 is 0 Å². The highest BCUT2D eigenvalue weighted by atomic mass is 16.5. The predicted octanol–water partition coefficient (Wildman–Crippen LogP) is 3.98. The molecule has 2 nitrogen and oxygen atoms in total. The van der Waals surface area contributed by atoms with Crippen LogP contribution in [0.5, 0.6) is 0 Å². The molecule has 104 valence electrons. The van der Waals surface area contributed by atoms with E-state index in [2.05, 4.69) is 27.7 Å². The highest BCUT2D eigenvalue weighted by Gasteiger charge is 2.25. The van der Waals surface area contributed by atoms with Gasteiger partial charge < -0.3 is 10.5 Å². The molecule has 1 atom stereocenters. The average Bonchev–Trinajstić information content (AvgIpc) is 2.33. The molecule has 0 heterocycles. The SMILES string of the molecule is CCCCC(CC)(CN)CCOCCC(C)C. The Morgan fingerprint density at radius 3 is 2.29 bits per heavy atom. The van der Waals surface area contributed by atoms with Crippen LogP contribution in [0.25, 0.3) is 0 Å². The summed E-state index contributed by atoms with van der Waals surface area (Å²) in [5.41, 5.74) is 6.29. The summed E-state index contributed by atoms with van der Waals surface area (Å²) in [6, 6.07) is 0. The molecule has 0 rings (SSSR count). The van der Waals surface area contributed by atoms with Crippen molar-refractivity contribution in [3.63, 3.8) is 0 Å². The number of hydrogen-bond acceptors (Lipinski definition) is 2. The molecule has 2 heteroatoms. The molecule has 0 aromatic carbocycles. The van der Waals surface area contributed by atoms with Gasteiger partial charge in [0.1, 0.15) is 0 Å². The third-order valence-corrected chi connectivity index (χ3v) is 3.86. The lowest BCUT2D eigenvalue weighted by atomic mass is 9.77. The van der Waals surface area contributed by atoms with Crippen LogP contribution in [0.3, 0.4) is 0 Å². The fourth-order valence-electron chi connectivity index (χ4n) is 2.09. The number of hydrogen-bond donors (Lipinski definition) is 1.